The molecular weight excluding hydrogens is 168 g/mol. The molecule has 0 amide bonds. The van der Waals surface area contributed by atoms with Crippen LogP contribution >= 0.6 is 0 Å². The van der Waals surface area contributed by atoms with Crippen LogP contribution in [0.15, 0.2) is 4.79 Å². The Morgan fingerprint density at radius 2 is 2.38 bits per heavy atom. The molecule has 1 aromatic heterocycles. The highest BCUT2D eigenvalue weighted by Crippen LogP contribution is 2.19. The fraction of sp³-hybridized carbons (Fsp3) is 0.500. The molecule has 0 fully saturated rings. The van der Waals surface area contributed by atoms with Crippen molar-refractivity contribution in [3.05, 3.63) is 27.4 Å². The van der Waals surface area contributed by atoms with Gasteiger partial charge in [0, 0.05) is 30.9 Å². The molecule has 0 atom stereocenters. The first-order chi connectivity index (χ1) is 6.20. The summed E-state index contributed by atoms with van der Waals surface area (Å²) in [5.74, 6) is 0. The Kier molecular flexibility index (Phi) is 1.90. The van der Waals surface area contributed by atoms with Crippen LogP contribution in [0, 0.1) is 0 Å². The zero-order chi connectivity index (χ0) is 9.42. The number of aromatic nitrogens is 2. The van der Waals surface area contributed by atoms with Gasteiger partial charge in [-0.1, -0.05) is 0 Å². The lowest BCUT2D eigenvalue weighted by Gasteiger charge is -2.03. The summed E-state index contributed by atoms with van der Waals surface area (Å²) in [6.07, 6.45) is 0. The van der Waals surface area contributed by atoms with E-state index in [2.05, 4.69) is 14.9 Å². The van der Waals surface area contributed by atoms with E-state index in [1.165, 1.54) is 0 Å². The first kappa shape index (κ1) is 8.40. The third-order valence-corrected chi connectivity index (χ3v) is 2.26. The number of rotatable bonds is 1. The molecule has 1 aliphatic heterocycles. The second-order valence-electron chi connectivity index (χ2n) is 3.32. The number of fused-ring (bicyclic) bond motifs is 1. The number of H-pyrrole nitrogens is 1. The minimum Gasteiger partial charge on any atom is -0.325 e. The van der Waals surface area contributed by atoms with E-state index < -0.39 is 0 Å². The monoisotopic (exact) mass is 180 g/mol. The summed E-state index contributed by atoms with van der Waals surface area (Å²) >= 11 is 0. The smallest absolute Gasteiger partial charge is 0.325 e. The number of hydrogen-bond acceptors (Lipinski definition) is 4. The van der Waals surface area contributed by atoms with E-state index in [9.17, 15) is 4.79 Å². The van der Waals surface area contributed by atoms with Crippen LogP contribution < -0.4 is 11.4 Å². The average Bonchev–Trinajstić information content (AvgIpc) is 2.43. The molecule has 5 heteroatoms. The Labute approximate surface area is 75.6 Å². The van der Waals surface area contributed by atoms with Crippen molar-refractivity contribution < 1.29 is 0 Å². The number of nitrogens with one attached hydrogen (secondary N) is 1. The first-order valence-electron chi connectivity index (χ1n) is 4.20. The molecule has 2 heterocycles. The SMILES string of the molecule is CN1Cc2[nH]c(=O)nc(CN)c2C1. The zero-order valence-corrected chi connectivity index (χ0v) is 7.50. The van der Waals surface area contributed by atoms with Crippen molar-refractivity contribution >= 4 is 0 Å². The highest BCUT2D eigenvalue weighted by molar-refractivity contribution is 5.27. The van der Waals surface area contributed by atoms with Gasteiger partial charge in [0.1, 0.15) is 0 Å². The summed E-state index contributed by atoms with van der Waals surface area (Å²) in [6, 6.07) is 0. The summed E-state index contributed by atoms with van der Waals surface area (Å²) in [5, 5.41) is 0. The van der Waals surface area contributed by atoms with Gasteiger partial charge in [-0.3, -0.25) is 4.90 Å². The van der Waals surface area contributed by atoms with Gasteiger partial charge in [-0.25, -0.2) is 4.79 Å². The number of nitrogens with zero attached hydrogens (tertiary/aromatic N) is 2. The van der Waals surface area contributed by atoms with E-state index in [0.717, 1.165) is 30.0 Å². The Bertz CT molecular complexity index is 384. The summed E-state index contributed by atoms with van der Waals surface area (Å²) in [7, 11) is 2.00. The molecule has 70 valence electrons. The molecule has 0 spiro atoms. The van der Waals surface area contributed by atoms with E-state index in [4.69, 9.17) is 5.73 Å². The Balaban J connectivity index is 2.56. The van der Waals surface area contributed by atoms with Crippen molar-refractivity contribution in [2.24, 2.45) is 5.73 Å². The average molecular weight is 180 g/mol. The minimum atomic E-state index is -0.297. The standard InChI is InChI=1S/C8H12N4O/c1-12-3-5-6(2-9)10-8(13)11-7(5)4-12/h2-4,9H2,1H3,(H,10,11,13). The van der Waals surface area contributed by atoms with Gasteiger partial charge in [0.25, 0.3) is 0 Å². The summed E-state index contributed by atoms with van der Waals surface area (Å²) in [5.41, 5.74) is 7.98. The third kappa shape index (κ3) is 1.36. The van der Waals surface area contributed by atoms with Gasteiger partial charge in [0.2, 0.25) is 0 Å². The second kappa shape index (κ2) is 2.93. The number of nitrogens with two attached hydrogens (primary N) is 1. The van der Waals surface area contributed by atoms with Crippen LogP contribution in [0.3, 0.4) is 0 Å². The maximum absolute atomic E-state index is 11.1. The summed E-state index contributed by atoms with van der Waals surface area (Å²) in [6.45, 7) is 1.94. The van der Waals surface area contributed by atoms with Crippen molar-refractivity contribution in [1.29, 1.82) is 0 Å². The second-order valence-corrected chi connectivity index (χ2v) is 3.32. The highest BCUT2D eigenvalue weighted by atomic mass is 16.1. The lowest BCUT2D eigenvalue weighted by atomic mass is 10.2. The van der Waals surface area contributed by atoms with Crippen LogP contribution in [0.4, 0.5) is 0 Å². The summed E-state index contributed by atoms with van der Waals surface area (Å²) in [4.78, 5) is 19.8. The third-order valence-electron chi connectivity index (χ3n) is 2.26. The lowest BCUT2D eigenvalue weighted by Crippen LogP contribution is -2.18. The topological polar surface area (TPSA) is 75.0 Å². The van der Waals surface area contributed by atoms with Gasteiger partial charge in [-0.2, -0.15) is 4.98 Å². The predicted octanol–water partition coefficient (Wildman–Crippen LogP) is -0.826. The van der Waals surface area contributed by atoms with Gasteiger partial charge in [-0.15, -0.1) is 0 Å². The molecule has 0 saturated heterocycles. The van der Waals surface area contributed by atoms with Crippen molar-refractivity contribution in [1.82, 2.24) is 14.9 Å². The molecule has 1 aromatic rings. The van der Waals surface area contributed by atoms with Gasteiger partial charge < -0.3 is 10.7 Å². The molecule has 13 heavy (non-hydrogen) atoms. The van der Waals surface area contributed by atoms with Crippen LogP contribution in [0.1, 0.15) is 17.0 Å². The molecule has 0 unspecified atom stereocenters. The molecule has 0 bridgehead atoms. The van der Waals surface area contributed by atoms with Gasteiger partial charge >= 0.3 is 5.69 Å². The Hall–Kier alpha value is -1.20. The molecule has 1 aliphatic rings. The van der Waals surface area contributed by atoms with Crippen molar-refractivity contribution in [2.45, 2.75) is 19.6 Å². The lowest BCUT2D eigenvalue weighted by molar-refractivity contribution is 0.350. The Morgan fingerprint density at radius 3 is 3.08 bits per heavy atom. The molecule has 5 nitrogen and oxygen atoms in total. The fourth-order valence-corrected chi connectivity index (χ4v) is 1.68. The van der Waals surface area contributed by atoms with E-state index >= 15 is 0 Å². The zero-order valence-electron chi connectivity index (χ0n) is 7.50. The van der Waals surface area contributed by atoms with Crippen LogP contribution in [-0.4, -0.2) is 21.9 Å². The molecular formula is C8H12N4O. The number of aromatic amines is 1. The quantitative estimate of drug-likeness (QED) is 0.591. The van der Waals surface area contributed by atoms with Crippen molar-refractivity contribution in [2.75, 3.05) is 7.05 Å². The molecule has 3 N–H and O–H groups in total. The van der Waals surface area contributed by atoms with Crippen molar-refractivity contribution in [3.63, 3.8) is 0 Å². The van der Waals surface area contributed by atoms with E-state index in [1.807, 2.05) is 7.05 Å². The maximum atomic E-state index is 11.1. The van der Waals surface area contributed by atoms with Crippen LogP contribution in [0.5, 0.6) is 0 Å². The molecule has 0 aliphatic carbocycles. The van der Waals surface area contributed by atoms with Gasteiger partial charge in [0.05, 0.1) is 5.69 Å². The van der Waals surface area contributed by atoms with E-state index in [-0.39, 0.29) is 5.69 Å². The van der Waals surface area contributed by atoms with Crippen LogP contribution in [0.25, 0.3) is 0 Å². The number of hydrogen-bond donors (Lipinski definition) is 2. The Morgan fingerprint density at radius 1 is 1.62 bits per heavy atom. The summed E-state index contributed by atoms with van der Waals surface area (Å²) < 4.78 is 0. The highest BCUT2D eigenvalue weighted by Gasteiger charge is 2.20. The molecule has 0 aromatic carbocycles. The van der Waals surface area contributed by atoms with Crippen LogP contribution in [0.2, 0.25) is 0 Å². The maximum Gasteiger partial charge on any atom is 0.345 e. The fourth-order valence-electron chi connectivity index (χ4n) is 1.68. The van der Waals surface area contributed by atoms with Gasteiger partial charge in [0.15, 0.2) is 0 Å². The van der Waals surface area contributed by atoms with Crippen LogP contribution in [-0.2, 0) is 19.6 Å². The molecule has 0 radical (unpaired) electrons. The predicted molar refractivity (Wildman–Crippen MR) is 47.9 cm³/mol. The normalized spacial score (nSPS) is 16.2. The largest absolute Gasteiger partial charge is 0.345 e. The molecule has 2 rings (SSSR count). The van der Waals surface area contributed by atoms with E-state index in [0.29, 0.717) is 6.54 Å². The van der Waals surface area contributed by atoms with E-state index in [1.54, 1.807) is 0 Å². The molecule has 0 saturated carbocycles. The van der Waals surface area contributed by atoms with Gasteiger partial charge in [-0.05, 0) is 7.05 Å². The van der Waals surface area contributed by atoms with Crippen molar-refractivity contribution in [3.8, 4) is 0 Å². The first-order valence-corrected chi connectivity index (χ1v) is 4.20. The minimum absolute atomic E-state index is 0.297.